The zero-order chi connectivity index (χ0) is 13.8. The van der Waals surface area contributed by atoms with Gasteiger partial charge in [0, 0.05) is 6.08 Å². The molecule has 1 aliphatic heterocycles. The Labute approximate surface area is 114 Å². The van der Waals surface area contributed by atoms with E-state index in [0.29, 0.717) is 6.61 Å². The molecule has 0 aromatic heterocycles. The van der Waals surface area contributed by atoms with Gasteiger partial charge in [0.1, 0.15) is 0 Å². The van der Waals surface area contributed by atoms with Crippen LogP contribution in [-0.4, -0.2) is 18.3 Å². The van der Waals surface area contributed by atoms with Crippen LogP contribution in [0.4, 0.5) is 0 Å². The molecule has 0 N–H and O–H groups in total. The average molecular weight is 259 g/mol. The number of hydrogen-bond donors (Lipinski definition) is 0. The average Bonchev–Trinajstić information content (AvgIpc) is 2.76. The molecule has 0 saturated carbocycles. The molecule has 0 fully saturated rings. The van der Waals surface area contributed by atoms with Gasteiger partial charge in [0.15, 0.2) is 0 Å². The number of esters is 1. The largest absolute Gasteiger partial charge is 0.463 e. The molecule has 0 bridgehead atoms. The van der Waals surface area contributed by atoms with E-state index in [2.05, 4.69) is 13.8 Å². The maximum absolute atomic E-state index is 11.4. The summed E-state index contributed by atoms with van der Waals surface area (Å²) in [7, 11) is 0. The lowest BCUT2D eigenvalue weighted by Gasteiger charge is -2.14. The maximum Gasteiger partial charge on any atom is 0.330 e. The molecule has 19 heavy (non-hydrogen) atoms. The van der Waals surface area contributed by atoms with Crippen molar-refractivity contribution in [2.24, 2.45) is 4.99 Å². The summed E-state index contributed by atoms with van der Waals surface area (Å²) >= 11 is 0. The zero-order valence-corrected chi connectivity index (χ0v) is 12.0. The Kier molecular flexibility index (Phi) is 4.35. The van der Waals surface area contributed by atoms with Crippen molar-refractivity contribution in [2.45, 2.75) is 46.5 Å². The fraction of sp³-hybridized carbons (Fsp3) is 0.500. The van der Waals surface area contributed by atoms with Crippen molar-refractivity contribution in [1.82, 2.24) is 0 Å². The molecule has 0 amide bonds. The number of carbonyl (C=O) groups is 1. The number of aliphatic imine (C=N–C) groups is 1. The van der Waals surface area contributed by atoms with E-state index in [0.717, 1.165) is 24.3 Å². The van der Waals surface area contributed by atoms with Crippen LogP contribution in [0.2, 0.25) is 0 Å². The Hall–Kier alpha value is -1.64. The molecule has 0 radical (unpaired) electrons. The summed E-state index contributed by atoms with van der Waals surface area (Å²) in [6.07, 6.45) is 7.90. The van der Waals surface area contributed by atoms with Gasteiger partial charge in [-0.2, -0.15) is 0 Å². The third kappa shape index (κ3) is 3.03. The molecule has 0 aromatic rings. The Balaban J connectivity index is 2.26. The number of hydrogen-bond acceptors (Lipinski definition) is 3. The van der Waals surface area contributed by atoms with Gasteiger partial charge in [-0.3, -0.25) is 0 Å². The van der Waals surface area contributed by atoms with Gasteiger partial charge in [0.2, 0.25) is 0 Å². The van der Waals surface area contributed by atoms with E-state index in [9.17, 15) is 4.79 Å². The van der Waals surface area contributed by atoms with Crippen molar-refractivity contribution in [3.63, 3.8) is 0 Å². The molecule has 0 aromatic carbocycles. The Morgan fingerprint density at radius 2 is 1.95 bits per heavy atom. The summed E-state index contributed by atoms with van der Waals surface area (Å²) in [6, 6.07) is 0. The smallest absolute Gasteiger partial charge is 0.330 e. The Morgan fingerprint density at radius 3 is 2.58 bits per heavy atom. The number of allylic oxidation sites excluding steroid dienone is 4. The predicted molar refractivity (Wildman–Crippen MR) is 77.1 cm³/mol. The highest BCUT2D eigenvalue weighted by Gasteiger charge is 2.25. The van der Waals surface area contributed by atoms with Crippen LogP contribution < -0.4 is 0 Å². The SMILES string of the molecule is CCOC(=O)/C=C/C1=NC(=C(C)C)C2=C1CCCC2. The molecule has 3 nitrogen and oxygen atoms in total. The van der Waals surface area contributed by atoms with E-state index in [1.54, 1.807) is 6.08 Å². The van der Waals surface area contributed by atoms with E-state index in [1.165, 1.54) is 35.6 Å². The molecule has 1 heterocycles. The van der Waals surface area contributed by atoms with Crippen LogP contribution in [0.25, 0.3) is 0 Å². The highest BCUT2D eigenvalue weighted by atomic mass is 16.5. The van der Waals surface area contributed by atoms with Crippen molar-refractivity contribution < 1.29 is 9.53 Å². The minimum atomic E-state index is -0.297. The van der Waals surface area contributed by atoms with Gasteiger partial charge >= 0.3 is 5.97 Å². The van der Waals surface area contributed by atoms with Crippen LogP contribution in [0, 0.1) is 0 Å². The van der Waals surface area contributed by atoms with Crippen LogP contribution in [0.1, 0.15) is 46.5 Å². The zero-order valence-electron chi connectivity index (χ0n) is 12.0. The number of carbonyl (C=O) groups excluding carboxylic acids is 1. The van der Waals surface area contributed by atoms with E-state index < -0.39 is 0 Å². The van der Waals surface area contributed by atoms with Crippen LogP contribution in [0.15, 0.2) is 39.6 Å². The van der Waals surface area contributed by atoms with Gasteiger partial charge in [-0.05, 0) is 63.7 Å². The molecule has 2 aliphatic rings. The number of ether oxygens (including phenoxy) is 1. The second-order valence-corrected chi connectivity index (χ2v) is 5.10. The molecular formula is C16H21NO2. The first-order valence-corrected chi connectivity index (χ1v) is 6.97. The first kappa shape index (κ1) is 13.8. The second-order valence-electron chi connectivity index (χ2n) is 5.10. The number of nitrogens with zero attached hydrogens (tertiary/aromatic N) is 1. The van der Waals surface area contributed by atoms with Gasteiger partial charge in [-0.1, -0.05) is 5.57 Å². The topological polar surface area (TPSA) is 38.7 Å². The minimum Gasteiger partial charge on any atom is -0.463 e. The van der Waals surface area contributed by atoms with Gasteiger partial charge in [-0.15, -0.1) is 0 Å². The Morgan fingerprint density at radius 1 is 1.26 bits per heavy atom. The molecule has 1 aliphatic carbocycles. The third-order valence-corrected chi connectivity index (χ3v) is 3.43. The van der Waals surface area contributed by atoms with E-state index in [1.807, 2.05) is 6.92 Å². The normalized spacial score (nSPS) is 18.7. The molecule has 2 rings (SSSR count). The fourth-order valence-corrected chi connectivity index (χ4v) is 2.59. The monoisotopic (exact) mass is 259 g/mol. The molecular weight excluding hydrogens is 238 g/mol. The standard InChI is InChI=1S/C16H21NO2/c1-4-19-15(18)10-9-14-12-7-5-6-8-13(12)16(17-14)11(2)3/h9-10H,4-8H2,1-3H3/b10-9+. The third-order valence-electron chi connectivity index (χ3n) is 3.43. The molecule has 0 saturated heterocycles. The predicted octanol–water partition coefficient (Wildman–Crippen LogP) is 3.72. The minimum absolute atomic E-state index is 0.297. The molecule has 0 spiro atoms. The maximum atomic E-state index is 11.4. The molecule has 102 valence electrons. The first-order valence-electron chi connectivity index (χ1n) is 6.97. The summed E-state index contributed by atoms with van der Waals surface area (Å²) in [6.45, 7) is 6.40. The summed E-state index contributed by atoms with van der Waals surface area (Å²) in [5.74, 6) is -0.297. The highest BCUT2D eigenvalue weighted by Crippen LogP contribution is 2.37. The van der Waals surface area contributed by atoms with E-state index in [-0.39, 0.29) is 5.97 Å². The first-order chi connectivity index (χ1) is 9.13. The van der Waals surface area contributed by atoms with Crippen molar-refractivity contribution in [3.05, 3.63) is 34.6 Å². The van der Waals surface area contributed by atoms with Crippen molar-refractivity contribution >= 4 is 11.7 Å². The van der Waals surface area contributed by atoms with Gasteiger partial charge in [0.05, 0.1) is 18.0 Å². The van der Waals surface area contributed by atoms with Crippen molar-refractivity contribution in [3.8, 4) is 0 Å². The van der Waals surface area contributed by atoms with Crippen LogP contribution in [-0.2, 0) is 9.53 Å². The van der Waals surface area contributed by atoms with Gasteiger partial charge in [0.25, 0.3) is 0 Å². The summed E-state index contributed by atoms with van der Waals surface area (Å²) in [4.78, 5) is 16.1. The van der Waals surface area contributed by atoms with E-state index in [4.69, 9.17) is 9.73 Å². The molecule has 3 heteroatoms. The van der Waals surface area contributed by atoms with Crippen LogP contribution in [0.5, 0.6) is 0 Å². The quantitative estimate of drug-likeness (QED) is 0.572. The fourth-order valence-electron chi connectivity index (χ4n) is 2.59. The van der Waals surface area contributed by atoms with Crippen molar-refractivity contribution in [1.29, 1.82) is 0 Å². The van der Waals surface area contributed by atoms with Crippen LogP contribution in [0.3, 0.4) is 0 Å². The lowest BCUT2D eigenvalue weighted by atomic mass is 9.89. The van der Waals surface area contributed by atoms with Gasteiger partial charge < -0.3 is 4.74 Å². The summed E-state index contributed by atoms with van der Waals surface area (Å²) < 4.78 is 4.90. The highest BCUT2D eigenvalue weighted by molar-refractivity contribution is 6.14. The number of rotatable bonds is 3. The Bertz CT molecular complexity index is 503. The molecule has 0 atom stereocenters. The second kappa shape index (κ2) is 6.00. The van der Waals surface area contributed by atoms with Crippen LogP contribution >= 0.6 is 0 Å². The van der Waals surface area contributed by atoms with Crippen molar-refractivity contribution in [2.75, 3.05) is 6.61 Å². The molecule has 0 unspecified atom stereocenters. The van der Waals surface area contributed by atoms with Gasteiger partial charge in [-0.25, -0.2) is 9.79 Å². The van der Waals surface area contributed by atoms with E-state index >= 15 is 0 Å². The summed E-state index contributed by atoms with van der Waals surface area (Å²) in [5, 5.41) is 0. The summed E-state index contributed by atoms with van der Waals surface area (Å²) in [5.41, 5.74) is 6.02. The lowest BCUT2D eigenvalue weighted by Crippen LogP contribution is -2.05. The lowest BCUT2D eigenvalue weighted by molar-refractivity contribution is -0.137.